The van der Waals surface area contributed by atoms with Crippen LogP contribution in [0.4, 0.5) is 0 Å². The molecule has 0 spiro atoms. The number of carboxylic acids is 1. The first-order valence-corrected chi connectivity index (χ1v) is 6.08. The molecular formula is C14H15NO3. The Morgan fingerprint density at radius 2 is 2.17 bits per heavy atom. The second-order valence-corrected chi connectivity index (χ2v) is 5.13. The molecule has 1 saturated carbocycles. The molecule has 0 radical (unpaired) electrons. The van der Waals surface area contributed by atoms with Crippen molar-refractivity contribution in [3.63, 3.8) is 0 Å². The van der Waals surface area contributed by atoms with E-state index in [0.29, 0.717) is 12.1 Å². The van der Waals surface area contributed by atoms with Gasteiger partial charge in [-0.3, -0.25) is 0 Å². The van der Waals surface area contributed by atoms with Crippen molar-refractivity contribution >= 4 is 16.9 Å². The van der Waals surface area contributed by atoms with Gasteiger partial charge in [-0.25, -0.2) is 4.79 Å². The third-order valence-corrected chi connectivity index (χ3v) is 3.58. The largest absolute Gasteiger partial charge is 0.475 e. The molecule has 1 aliphatic carbocycles. The van der Waals surface area contributed by atoms with Crippen molar-refractivity contribution in [2.24, 2.45) is 0 Å². The summed E-state index contributed by atoms with van der Waals surface area (Å²) < 4.78 is 5.41. The molecule has 0 amide bonds. The Labute approximate surface area is 105 Å². The maximum atomic E-state index is 11.2. The van der Waals surface area contributed by atoms with Crippen molar-refractivity contribution in [2.45, 2.75) is 31.8 Å². The van der Waals surface area contributed by atoms with E-state index in [1.54, 1.807) is 6.07 Å². The molecule has 1 fully saturated rings. The normalized spacial score (nSPS) is 16.9. The van der Waals surface area contributed by atoms with Gasteiger partial charge in [-0.2, -0.15) is 0 Å². The van der Waals surface area contributed by atoms with Gasteiger partial charge in [0.15, 0.2) is 0 Å². The van der Waals surface area contributed by atoms with E-state index in [9.17, 15) is 9.90 Å². The lowest BCUT2D eigenvalue weighted by molar-refractivity contribution is 0.0663. The summed E-state index contributed by atoms with van der Waals surface area (Å²) in [6, 6.07) is 7.43. The standard InChI is InChI=1S/C14H15NO3/c1-14(6-7-14)15-8-10-9-4-2-3-5-11(9)18-12(10)13(16)17/h2-5,15H,6-8H2,1H3,(H,16,17). The van der Waals surface area contributed by atoms with E-state index in [1.807, 2.05) is 18.2 Å². The molecule has 0 unspecified atom stereocenters. The molecule has 18 heavy (non-hydrogen) atoms. The Morgan fingerprint density at radius 1 is 1.44 bits per heavy atom. The van der Waals surface area contributed by atoms with E-state index < -0.39 is 5.97 Å². The van der Waals surface area contributed by atoms with Crippen LogP contribution in [0.1, 0.15) is 35.9 Å². The number of benzene rings is 1. The first-order chi connectivity index (χ1) is 8.59. The maximum Gasteiger partial charge on any atom is 0.372 e. The molecule has 1 aromatic carbocycles. The van der Waals surface area contributed by atoms with Crippen LogP contribution in [-0.4, -0.2) is 16.6 Å². The number of hydrogen-bond donors (Lipinski definition) is 2. The Bertz CT molecular complexity index is 611. The number of fused-ring (bicyclic) bond motifs is 1. The van der Waals surface area contributed by atoms with Gasteiger partial charge in [0.1, 0.15) is 5.58 Å². The number of aromatic carboxylic acids is 1. The quantitative estimate of drug-likeness (QED) is 0.869. The summed E-state index contributed by atoms with van der Waals surface area (Å²) in [5.74, 6) is -0.961. The summed E-state index contributed by atoms with van der Waals surface area (Å²) in [5, 5.41) is 13.5. The highest BCUT2D eigenvalue weighted by Crippen LogP contribution is 2.35. The second kappa shape index (κ2) is 3.85. The summed E-state index contributed by atoms with van der Waals surface area (Å²) in [5.41, 5.74) is 1.55. The van der Waals surface area contributed by atoms with Gasteiger partial charge in [0, 0.05) is 23.0 Å². The highest BCUT2D eigenvalue weighted by Gasteiger charge is 2.37. The van der Waals surface area contributed by atoms with Crippen molar-refractivity contribution in [1.29, 1.82) is 0 Å². The van der Waals surface area contributed by atoms with Crippen LogP contribution in [0, 0.1) is 0 Å². The van der Waals surface area contributed by atoms with E-state index in [1.165, 1.54) is 0 Å². The van der Waals surface area contributed by atoms with Gasteiger partial charge in [-0.15, -0.1) is 0 Å². The number of nitrogens with one attached hydrogen (secondary N) is 1. The van der Waals surface area contributed by atoms with E-state index in [0.717, 1.165) is 23.8 Å². The second-order valence-electron chi connectivity index (χ2n) is 5.13. The van der Waals surface area contributed by atoms with Crippen LogP contribution >= 0.6 is 0 Å². The molecule has 1 aliphatic rings. The lowest BCUT2D eigenvalue weighted by Crippen LogP contribution is -2.27. The number of hydrogen-bond acceptors (Lipinski definition) is 3. The molecule has 0 bridgehead atoms. The fourth-order valence-corrected chi connectivity index (χ4v) is 2.11. The van der Waals surface area contributed by atoms with Gasteiger partial charge in [-0.1, -0.05) is 18.2 Å². The molecule has 94 valence electrons. The number of carbonyl (C=O) groups is 1. The first kappa shape index (κ1) is 11.3. The SMILES string of the molecule is CC1(NCc2c(C(=O)O)oc3ccccc23)CC1. The van der Waals surface area contributed by atoms with Gasteiger partial charge >= 0.3 is 5.97 Å². The Hall–Kier alpha value is -1.81. The van der Waals surface area contributed by atoms with Crippen molar-refractivity contribution < 1.29 is 14.3 Å². The predicted octanol–water partition coefficient (Wildman–Crippen LogP) is 2.77. The summed E-state index contributed by atoms with van der Waals surface area (Å²) in [6.07, 6.45) is 2.29. The average molecular weight is 245 g/mol. The van der Waals surface area contributed by atoms with Gasteiger partial charge in [0.2, 0.25) is 5.76 Å². The van der Waals surface area contributed by atoms with Crippen LogP contribution in [-0.2, 0) is 6.54 Å². The van der Waals surface area contributed by atoms with Crippen LogP contribution < -0.4 is 5.32 Å². The smallest absolute Gasteiger partial charge is 0.372 e. The monoisotopic (exact) mass is 245 g/mol. The third-order valence-electron chi connectivity index (χ3n) is 3.58. The molecule has 1 aromatic heterocycles. The zero-order valence-corrected chi connectivity index (χ0v) is 10.2. The maximum absolute atomic E-state index is 11.2. The van der Waals surface area contributed by atoms with Gasteiger partial charge in [-0.05, 0) is 25.8 Å². The van der Waals surface area contributed by atoms with Crippen LogP contribution in [0.2, 0.25) is 0 Å². The molecule has 2 N–H and O–H groups in total. The van der Waals surface area contributed by atoms with E-state index in [-0.39, 0.29) is 11.3 Å². The van der Waals surface area contributed by atoms with E-state index in [4.69, 9.17) is 4.42 Å². The lowest BCUT2D eigenvalue weighted by Gasteiger charge is -2.10. The van der Waals surface area contributed by atoms with Crippen LogP contribution in [0.3, 0.4) is 0 Å². The third kappa shape index (κ3) is 1.88. The Kier molecular flexibility index (Phi) is 2.41. The van der Waals surface area contributed by atoms with E-state index in [2.05, 4.69) is 12.2 Å². The molecular weight excluding hydrogens is 230 g/mol. The zero-order chi connectivity index (χ0) is 12.8. The molecule has 4 nitrogen and oxygen atoms in total. The average Bonchev–Trinajstić information content (AvgIpc) is 2.96. The van der Waals surface area contributed by atoms with Gasteiger partial charge < -0.3 is 14.8 Å². The summed E-state index contributed by atoms with van der Waals surface area (Å²) in [6.45, 7) is 2.69. The summed E-state index contributed by atoms with van der Waals surface area (Å²) >= 11 is 0. The number of para-hydroxylation sites is 1. The predicted molar refractivity (Wildman–Crippen MR) is 67.7 cm³/mol. The molecule has 2 aromatic rings. The lowest BCUT2D eigenvalue weighted by atomic mass is 10.1. The van der Waals surface area contributed by atoms with Crippen molar-refractivity contribution in [3.8, 4) is 0 Å². The zero-order valence-electron chi connectivity index (χ0n) is 10.2. The number of carboxylic acid groups (broad SMARTS) is 1. The van der Waals surface area contributed by atoms with E-state index >= 15 is 0 Å². The fourth-order valence-electron chi connectivity index (χ4n) is 2.11. The van der Waals surface area contributed by atoms with Gasteiger partial charge in [0.25, 0.3) is 0 Å². The highest BCUT2D eigenvalue weighted by atomic mass is 16.4. The summed E-state index contributed by atoms with van der Waals surface area (Å²) in [4.78, 5) is 11.2. The molecule has 0 saturated heterocycles. The molecule has 1 heterocycles. The van der Waals surface area contributed by atoms with Crippen LogP contribution in [0.5, 0.6) is 0 Å². The van der Waals surface area contributed by atoms with Crippen molar-refractivity contribution in [3.05, 3.63) is 35.6 Å². The fraction of sp³-hybridized carbons (Fsp3) is 0.357. The van der Waals surface area contributed by atoms with Crippen molar-refractivity contribution in [2.75, 3.05) is 0 Å². The molecule has 0 aliphatic heterocycles. The molecule has 4 heteroatoms. The van der Waals surface area contributed by atoms with Crippen LogP contribution in [0.25, 0.3) is 11.0 Å². The minimum atomic E-state index is -1.01. The van der Waals surface area contributed by atoms with Crippen molar-refractivity contribution in [1.82, 2.24) is 5.32 Å². The number of rotatable bonds is 4. The molecule has 3 rings (SSSR count). The Morgan fingerprint density at radius 3 is 2.83 bits per heavy atom. The topological polar surface area (TPSA) is 62.5 Å². The number of furan rings is 1. The highest BCUT2D eigenvalue weighted by molar-refractivity contribution is 5.95. The van der Waals surface area contributed by atoms with Gasteiger partial charge in [0.05, 0.1) is 0 Å². The first-order valence-electron chi connectivity index (χ1n) is 6.08. The Balaban J connectivity index is 2.00. The molecule has 0 atom stereocenters. The minimum absolute atomic E-state index is 0.0490. The summed E-state index contributed by atoms with van der Waals surface area (Å²) in [7, 11) is 0. The minimum Gasteiger partial charge on any atom is -0.475 e. The van der Waals surface area contributed by atoms with Crippen LogP contribution in [0.15, 0.2) is 28.7 Å².